The molecule has 1 aromatic carbocycles. The Kier molecular flexibility index (Phi) is 3.57. The number of rotatable bonds is 3. The molecule has 0 aliphatic rings. The number of nitrogen functional groups attached to an aromatic ring is 1. The van der Waals surface area contributed by atoms with Crippen LogP contribution in [0.5, 0.6) is 0 Å². The zero-order chi connectivity index (χ0) is 13.1. The van der Waals surface area contributed by atoms with Crippen LogP contribution in [0.15, 0.2) is 34.9 Å². The standard InChI is InChI=1S/C12H10BrN3O2/c13-9-4-2-1-3-7(9)5-10-15-6-8(12(17)18)11(14)16-10/h1-4,6H,5H2,(H,17,18)(H2,14,15,16). The summed E-state index contributed by atoms with van der Waals surface area (Å²) < 4.78 is 0.953. The van der Waals surface area contributed by atoms with Gasteiger partial charge in [-0.1, -0.05) is 34.1 Å². The Morgan fingerprint density at radius 2 is 2.11 bits per heavy atom. The quantitative estimate of drug-likeness (QED) is 0.906. The van der Waals surface area contributed by atoms with E-state index in [9.17, 15) is 4.79 Å². The van der Waals surface area contributed by atoms with E-state index < -0.39 is 5.97 Å². The summed E-state index contributed by atoms with van der Waals surface area (Å²) >= 11 is 3.43. The van der Waals surface area contributed by atoms with Crippen LogP contribution in [-0.4, -0.2) is 21.0 Å². The Bertz CT molecular complexity index is 602. The Labute approximate surface area is 112 Å². The minimum absolute atomic E-state index is 0.0143. The molecule has 2 rings (SSSR count). The highest BCUT2D eigenvalue weighted by Gasteiger charge is 2.11. The molecule has 0 fully saturated rings. The van der Waals surface area contributed by atoms with Crippen LogP contribution in [0.25, 0.3) is 0 Å². The molecule has 0 unspecified atom stereocenters. The van der Waals surface area contributed by atoms with E-state index in [2.05, 4.69) is 25.9 Å². The van der Waals surface area contributed by atoms with Crippen molar-refractivity contribution in [1.29, 1.82) is 0 Å². The summed E-state index contributed by atoms with van der Waals surface area (Å²) in [4.78, 5) is 18.8. The molecule has 0 saturated heterocycles. The molecule has 0 atom stereocenters. The van der Waals surface area contributed by atoms with Crippen molar-refractivity contribution in [3.05, 3.63) is 51.9 Å². The van der Waals surface area contributed by atoms with Crippen LogP contribution in [0.4, 0.5) is 5.82 Å². The van der Waals surface area contributed by atoms with Crippen LogP contribution < -0.4 is 5.73 Å². The molecule has 0 aliphatic carbocycles. The summed E-state index contributed by atoms with van der Waals surface area (Å²) in [6, 6.07) is 7.68. The first-order chi connectivity index (χ1) is 8.58. The fourth-order valence-corrected chi connectivity index (χ4v) is 1.92. The van der Waals surface area contributed by atoms with Crippen molar-refractivity contribution >= 4 is 27.7 Å². The van der Waals surface area contributed by atoms with Crippen LogP contribution in [0.3, 0.4) is 0 Å². The Hall–Kier alpha value is -1.95. The van der Waals surface area contributed by atoms with E-state index in [1.165, 1.54) is 6.20 Å². The second-order valence-corrected chi connectivity index (χ2v) is 4.51. The van der Waals surface area contributed by atoms with Gasteiger partial charge < -0.3 is 10.8 Å². The predicted octanol–water partition coefficient (Wildman–Crippen LogP) is 2.11. The number of hydrogen-bond donors (Lipinski definition) is 2. The topological polar surface area (TPSA) is 89.1 Å². The van der Waals surface area contributed by atoms with Crippen LogP contribution in [0, 0.1) is 0 Å². The summed E-state index contributed by atoms with van der Waals surface area (Å²) in [6.45, 7) is 0. The number of carboxylic acids is 1. The largest absolute Gasteiger partial charge is 0.477 e. The van der Waals surface area contributed by atoms with Crippen LogP contribution in [0.1, 0.15) is 21.7 Å². The number of halogens is 1. The van der Waals surface area contributed by atoms with Gasteiger partial charge in [-0.15, -0.1) is 0 Å². The van der Waals surface area contributed by atoms with Gasteiger partial charge in [0, 0.05) is 17.1 Å². The van der Waals surface area contributed by atoms with Crippen molar-refractivity contribution in [2.45, 2.75) is 6.42 Å². The second-order valence-electron chi connectivity index (χ2n) is 3.66. The lowest BCUT2D eigenvalue weighted by Crippen LogP contribution is -2.08. The third kappa shape index (κ3) is 2.65. The van der Waals surface area contributed by atoms with E-state index in [0.717, 1.165) is 10.0 Å². The number of anilines is 1. The molecule has 3 N–H and O–H groups in total. The number of carbonyl (C=O) groups is 1. The van der Waals surface area contributed by atoms with E-state index in [1.54, 1.807) is 0 Å². The zero-order valence-corrected chi connectivity index (χ0v) is 10.9. The Morgan fingerprint density at radius 1 is 1.39 bits per heavy atom. The van der Waals surface area contributed by atoms with Gasteiger partial charge >= 0.3 is 5.97 Å². The third-order valence-corrected chi connectivity index (χ3v) is 3.18. The zero-order valence-electron chi connectivity index (χ0n) is 9.30. The van der Waals surface area contributed by atoms with Crippen molar-refractivity contribution in [2.75, 3.05) is 5.73 Å². The monoisotopic (exact) mass is 307 g/mol. The maximum Gasteiger partial charge on any atom is 0.341 e. The minimum atomic E-state index is -1.13. The summed E-state index contributed by atoms with van der Waals surface area (Å²) in [5, 5.41) is 8.82. The minimum Gasteiger partial charge on any atom is -0.477 e. The molecule has 1 aromatic heterocycles. The predicted molar refractivity (Wildman–Crippen MR) is 70.4 cm³/mol. The number of aromatic carboxylic acids is 1. The lowest BCUT2D eigenvalue weighted by Gasteiger charge is -2.05. The van der Waals surface area contributed by atoms with E-state index in [0.29, 0.717) is 12.2 Å². The fourth-order valence-electron chi connectivity index (χ4n) is 1.50. The van der Waals surface area contributed by atoms with Gasteiger partial charge in [0.05, 0.1) is 0 Å². The lowest BCUT2D eigenvalue weighted by atomic mass is 10.1. The maximum absolute atomic E-state index is 10.8. The van der Waals surface area contributed by atoms with Gasteiger partial charge in [0.2, 0.25) is 0 Å². The van der Waals surface area contributed by atoms with Crippen molar-refractivity contribution in [3.8, 4) is 0 Å². The molecule has 92 valence electrons. The number of hydrogen-bond acceptors (Lipinski definition) is 4. The first kappa shape index (κ1) is 12.5. The molecule has 0 spiro atoms. The van der Waals surface area contributed by atoms with E-state index in [1.807, 2.05) is 24.3 Å². The molecule has 6 heteroatoms. The first-order valence-electron chi connectivity index (χ1n) is 5.16. The molecule has 0 saturated carbocycles. The summed E-state index contributed by atoms with van der Waals surface area (Å²) in [5.74, 6) is -0.649. The van der Waals surface area contributed by atoms with Crippen molar-refractivity contribution in [1.82, 2.24) is 9.97 Å². The third-order valence-electron chi connectivity index (χ3n) is 2.40. The van der Waals surface area contributed by atoms with Gasteiger partial charge in [-0.25, -0.2) is 14.8 Å². The van der Waals surface area contributed by atoms with E-state index in [-0.39, 0.29) is 11.4 Å². The van der Waals surface area contributed by atoms with Gasteiger partial charge in [-0.3, -0.25) is 0 Å². The number of carboxylic acid groups (broad SMARTS) is 1. The highest BCUT2D eigenvalue weighted by molar-refractivity contribution is 9.10. The molecule has 2 aromatic rings. The van der Waals surface area contributed by atoms with Gasteiger partial charge in [-0.2, -0.15) is 0 Å². The molecule has 5 nitrogen and oxygen atoms in total. The molecule has 0 amide bonds. The maximum atomic E-state index is 10.8. The molecule has 0 bridgehead atoms. The SMILES string of the molecule is Nc1nc(Cc2ccccc2Br)ncc1C(=O)O. The molecular weight excluding hydrogens is 298 g/mol. The molecule has 0 radical (unpaired) electrons. The lowest BCUT2D eigenvalue weighted by molar-refractivity contribution is 0.0697. The number of aromatic nitrogens is 2. The van der Waals surface area contributed by atoms with Crippen molar-refractivity contribution in [2.24, 2.45) is 0 Å². The average molecular weight is 308 g/mol. The van der Waals surface area contributed by atoms with Crippen molar-refractivity contribution < 1.29 is 9.90 Å². The van der Waals surface area contributed by atoms with Gasteiger partial charge in [0.25, 0.3) is 0 Å². The number of nitrogens with zero attached hydrogens (tertiary/aromatic N) is 2. The Morgan fingerprint density at radius 3 is 2.72 bits per heavy atom. The number of benzene rings is 1. The van der Waals surface area contributed by atoms with Gasteiger partial charge in [-0.05, 0) is 11.6 Å². The smallest absolute Gasteiger partial charge is 0.341 e. The van der Waals surface area contributed by atoms with Gasteiger partial charge in [0.15, 0.2) is 0 Å². The average Bonchev–Trinajstić information content (AvgIpc) is 2.32. The van der Waals surface area contributed by atoms with Crippen LogP contribution >= 0.6 is 15.9 Å². The van der Waals surface area contributed by atoms with Crippen LogP contribution in [-0.2, 0) is 6.42 Å². The van der Waals surface area contributed by atoms with Gasteiger partial charge in [0.1, 0.15) is 17.2 Å². The first-order valence-corrected chi connectivity index (χ1v) is 5.95. The Balaban J connectivity index is 2.29. The molecule has 18 heavy (non-hydrogen) atoms. The second kappa shape index (κ2) is 5.14. The van der Waals surface area contributed by atoms with E-state index in [4.69, 9.17) is 10.8 Å². The summed E-state index contributed by atoms with van der Waals surface area (Å²) in [5.41, 5.74) is 6.51. The van der Waals surface area contributed by atoms with E-state index >= 15 is 0 Å². The van der Waals surface area contributed by atoms with Crippen molar-refractivity contribution in [3.63, 3.8) is 0 Å². The normalized spacial score (nSPS) is 10.3. The highest BCUT2D eigenvalue weighted by Crippen LogP contribution is 2.18. The summed E-state index contributed by atoms with van der Waals surface area (Å²) in [6.07, 6.45) is 1.72. The summed E-state index contributed by atoms with van der Waals surface area (Å²) in [7, 11) is 0. The number of nitrogens with two attached hydrogens (primary N) is 1. The molecule has 1 heterocycles. The fraction of sp³-hybridized carbons (Fsp3) is 0.0833. The molecular formula is C12H10BrN3O2. The van der Waals surface area contributed by atoms with Crippen LogP contribution in [0.2, 0.25) is 0 Å². The molecule has 0 aliphatic heterocycles. The highest BCUT2D eigenvalue weighted by atomic mass is 79.9.